The fourth-order valence-corrected chi connectivity index (χ4v) is 3.03. The number of amides is 1. The standard InChI is InChI=1S/C15H21ClN2O/c1-15(2)9-10-4-5-11(16)8-12(10)14(15)18-7-6-13(19)17-3/h4-5,8,14,18H,6-7,9H2,1-3H3,(H,17,19). The number of hydrogen-bond acceptors (Lipinski definition) is 2. The summed E-state index contributed by atoms with van der Waals surface area (Å²) in [6.45, 7) is 5.18. The second kappa shape index (κ2) is 5.51. The zero-order valence-electron chi connectivity index (χ0n) is 11.7. The molecule has 0 heterocycles. The Hall–Kier alpha value is -1.06. The van der Waals surface area contributed by atoms with E-state index in [1.54, 1.807) is 7.05 Å². The Labute approximate surface area is 119 Å². The lowest BCUT2D eigenvalue weighted by molar-refractivity contribution is -0.120. The summed E-state index contributed by atoms with van der Waals surface area (Å²) in [5, 5.41) is 6.91. The number of rotatable bonds is 4. The predicted molar refractivity (Wildman–Crippen MR) is 78.4 cm³/mol. The summed E-state index contributed by atoms with van der Waals surface area (Å²) in [6.07, 6.45) is 1.54. The molecule has 1 atom stereocenters. The first kappa shape index (κ1) is 14.4. The van der Waals surface area contributed by atoms with Crippen LogP contribution in [-0.4, -0.2) is 19.5 Å². The summed E-state index contributed by atoms with van der Waals surface area (Å²) >= 11 is 6.10. The summed E-state index contributed by atoms with van der Waals surface area (Å²) in [6, 6.07) is 6.36. The highest BCUT2D eigenvalue weighted by Crippen LogP contribution is 2.45. The van der Waals surface area contributed by atoms with Crippen LogP contribution in [0.15, 0.2) is 18.2 Å². The molecule has 1 aliphatic carbocycles. The van der Waals surface area contributed by atoms with Gasteiger partial charge in [-0.1, -0.05) is 31.5 Å². The third-order valence-electron chi connectivity index (χ3n) is 3.83. The molecule has 0 saturated carbocycles. The Morgan fingerprint density at radius 2 is 2.21 bits per heavy atom. The summed E-state index contributed by atoms with van der Waals surface area (Å²) in [4.78, 5) is 11.3. The van der Waals surface area contributed by atoms with Crippen molar-refractivity contribution >= 4 is 17.5 Å². The highest BCUT2D eigenvalue weighted by atomic mass is 35.5. The summed E-state index contributed by atoms with van der Waals surface area (Å²) < 4.78 is 0. The molecule has 0 bridgehead atoms. The summed E-state index contributed by atoms with van der Waals surface area (Å²) in [5.74, 6) is 0.0645. The minimum atomic E-state index is 0.0645. The van der Waals surface area contributed by atoms with Gasteiger partial charge in [0.2, 0.25) is 5.91 Å². The maximum atomic E-state index is 11.3. The molecule has 3 nitrogen and oxygen atoms in total. The zero-order chi connectivity index (χ0) is 14.0. The largest absolute Gasteiger partial charge is 0.359 e. The summed E-state index contributed by atoms with van der Waals surface area (Å²) in [7, 11) is 1.66. The van der Waals surface area contributed by atoms with Crippen LogP contribution < -0.4 is 10.6 Å². The maximum absolute atomic E-state index is 11.3. The first-order valence-corrected chi connectivity index (χ1v) is 7.04. The van der Waals surface area contributed by atoms with Crippen LogP contribution in [0.25, 0.3) is 0 Å². The molecule has 1 unspecified atom stereocenters. The lowest BCUT2D eigenvalue weighted by Crippen LogP contribution is -2.33. The minimum absolute atomic E-state index is 0.0645. The first-order valence-electron chi connectivity index (χ1n) is 6.66. The van der Waals surface area contributed by atoms with Gasteiger partial charge in [0.05, 0.1) is 0 Å². The Balaban J connectivity index is 2.10. The molecule has 0 radical (unpaired) electrons. The van der Waals surface area contributed by atoms with Crippen molar-refractivity contribution in [2.75, 3.05) is 13.6 Å². The second-order valence-corrected chi connectivity index (χ2v) is 6.26. The molecule has 1 aromatic carbocycles. The Bertz CT molecular complexity index is 485. The van der Waals surface area contributed by atoms with Gasteiger partial charge in [0.15, 0.2) is 0 Å². The van der Waals surface area contributed by atoms with Crippen LogP contribution in [-0.2, 0) is 11.2 Å². The average Bonchev–Trinajstić information content (AvgIpc) is 2.60. The van der Waals surface area contributed by atoms with Crippen LogP contribution in [0.1, 0.15) is 37.4 Å². The molecule has 0 aromatic heterocycles. The van der Waals surface area contributed by atoms with Crippen molar-refractivity contribution < 1.29 is 4.79 Å². The maximum Gasteiger partial charge on any atom is 0.221 e. The fourth-order valence-electron chi connectivity index (χ4n) is 2.85. The number of halogens is 1. The number of benzene rings is 1. The normalized spacial score (nSPS) is 20.1. The molecule has 1 aromatic rings. The van der Waals surface area contributed by atoms with E-state index in [2.05, 4.69) is 30.5 Å². The molecule has 2 rings (SSSR count). The third kappa shape index (κ3) is 3.10. The predicted octanol–water partition coefficient (Wildman–Crippen LogP) is 2.69. The van der Waals surface area contributed by atoms with E-state index in [4.69, 9.17) is 11.6 Å². The van der Waals surface area contributed by atoms with E-state index in [0.29, 0.717) is 13.0 Å². The third-order valence-corrected chi connectivity index (χ3v) is 4.06. The lowest BCUT2D eigenvalue weighted by atomic mass is 9.85. The van der Waals surface area contributed by atoms with E-state index in [1.807, 2.05) is 12.1 Å². The average molecular weight is 281 g/mol. The monoisotopic (exact) mass is 280 g/mol. The molecule has 0 spiro atoms. The molecule has 0 fully saturated rings. The van der Waals surface area contributed by atoms with E-state index < -0.39 is 0 Å². The van der Waals surface area contributed by atoms with Gasteiger partial charge >= 0.3 is 0 Å². The van der Waals surface area contributed by atoms with Crippen molar-refractivity contribution in [3.63, 3.8) is 0 Å². The molecular weight excluding hydrogens is 260 g/mol. The molecule has 0 saturated heterocycles. The van der Waals surface area contributed by atoms with Crippen LogP contribution in [0.5, 0.6) is 0 Å². The van der Waals surface area contributed by atoms with Crippen molar-refractivity contribution in [3.8, 4) is 0 Å². The van der Waals surface area contributed by atoms with Crippen LogP contribution in [0.3, 0.4) is 0 Å². The van der Waals surface area contributed by atoms with Crippen molar-refractivity contribution in [2.45, 2.75) is 32.7 Å². The second-order valence-electron chi connectivity index (χ2n) is 5.82. The van der Waals surface area contributed by atoms with E-state index in [-0.39, 0.29) is 17.4 Å². The molecule has 104 valence electrons. The van der Waals surface area contributed by atoms with Crippen molar-refractivity contribution in [3.05, 3.63) is 34.3 Å². The number of carbonyl (C=O) groups excluding carboxylic acids is 1. The van der Waals surface area contributed by atoms with Gasteiger partial charge in [-0.3, -0.25) is 4.79 Å². The zero-order valence-corrected chi connectivity index (χ0v) is 12.5. The highest BCUT2D eigenvalue weighted by molar-refractivity contribution is 6.30. The molecule has 1 aliphatic rings. The van der Waals surface area contributed by atoms with Gasteiger partial charge in [-0.2, -0.15) is 0 Å². The van der Waals surface area contributed by atoms with Gasteiger partial charge in [-0.05, 0) is 35.1 Å². The van der Waals surface area contributed by atoms with Gasteiger partial charge < -0.3 is 10.6 Å². The van der Waals surface area contributed by atoms with Crippen LogP contribution in [0.4, 0.5) is 0 Å². The Morgan fingerprint density at radius 3 is 2.89 bits per heavy atom. The lowest BCUT2D eigenvalue weighted by Gasteiger charge is -2.28. The Morgan fingerprint density at radius 1 is 1.47 bits per heavy atom. The molecule has 19 heavy (non-hydrogen) atoms. The van der Waals surface area contributed by atoms with Crippen molar-refractivity contribution in [1.29, 1.82) is 0 Å². The molecule has 1 amide bonds. The van der Waals surface area contributed by atoms with Gasteiger partial charge in [-0.25, -0.2) is 0 Å². The van der Waals surface area contributed by atoms with Gasteiger partial charge in [0.1, 0.15) is 0 Å². The highest BCUT2D eigenvalue weighted by Gasteiger charge is 2.38. The number of hydrogen-bond donors (Lipinski definition) is 2. The minimum Gasteiger partial charge on any atom is -0.359 e. The summed E-state index contributed by atoms with van der Waals surface area (Å²) in [5.41, 5.74) is 2.77. The first-order chi connectivity index (χ1) is 8.94. The fraction of sp³-hybridized carbons (Fsp3) is 0.533. The van der Waals surface area contributed by atoms with Crippen molar-refractivity contribution in [2.24, 2.45) is 5.41 Å². The van der Waals surface area contributed by atoms with E-state index in [9.17, 15) is 4.79 Å². The van der Waals surface area contributed by atoms with E-state index >= 15 is 0 Å². The topological polar surface area (TPSA) is 41.1 Å². The molecule has 4 heteroatoms. The van der Waals surface area contributed by atoms with Gasteiger partial charge in [-0.15, -0.1) is 0 Å². The molecular formula is C15H21ClN2O. The van der Waals surface area contributed by atoms with Crippen LogP contribution in [0, 0.1) is 5.41 Å². The van der Waals surface area contributed by atoms with E-state index in [0.717, 1.165) is 11.4 Å². The SMILES string of the molecule is CNC(=O)CCNC1c2cc(Cl)ccc2CC1(C)C. The molecule has 0 aliphatic heterocycles. The van der Waals surface area contributed by atoms with Crippen molar-refractivity contribution in [1.82, 2.24) is 10.6 Å². The number of carbonyl (C=O) groups is 1. The van der Waals surface area contributed by atoms with Crippen LogP contribution in [0.2, 0.25) is 5.02 Å². The Kier molecular flexibility index (Phi) is 4.16. The molecule has 2 N–H and O–H groups in total. The van der Waals surface area contributed by atoms with Crippen LogP contribution >= 0.6 is 11.6 Å². The number of nitrogens with one attached hydrogen (secondary N) is 2. The van der Waals surface area contributed by atoms with Gasteiger partial charge in [0, 0.05) is 31.1 Å². The smallest absolute Gasteiger partial charge is 0.221 e. The van der Waals surface area contributed by atoms with E-state index in [1.165, 1.54) is 11.1 Å². The quantitative estimate of drug-likeness (QED) is 0.890. The number of fused-ring (bicyclic) bond motifs is 1. The van der Waals surface area contributed by atoms with Gasteiger partial charge in [0.25, 0.3) is 0 Å².